The van der Waals surface area contributed by atoms with Crippen LogP contribution in [0, 0.1) is 0 Å². The van der Waals surface area contributed by atoms with E-state index in [0.29, 0.717) is 11.8 Å². The third kappa shape index (κ3) is 7.24. The molecular formula is C16H28F3N3O. The zero-order valence-corrected chi connectivity index (χ0v) is 14.2. The first-order chi connectivity index (χ1) is 10.8. The average Bonchev–Trinajstić information content (AvgIpc) is 2.50. The second-order valence-corrected chi connectivity index (χ2v) is 5.96. The number of rotatable bonds is 5. The maximum absolute atomic E-state index is 12.3. The number of likely N-dealkylation sites (tertiary alicyclic amines) is 1. The van der Waals surface area contributed by atoms with Crippen molar-refractivity contribution in [2.24, 2.45) is 10.7 Å². The Morgan fingerprint density at radius 2 is 1.91 bits per heavy atom. The number of hydrogen-bond acceptors (Lipinski definition) is 3. The van der Waals surface area contributed by atoms with Crippen molar-refractivity contribution in [1.82, 2.24) is 4.90 Å². The number of aliphatic imine (C=N–C) groups is 1. The largest absolute Gasteiger partial charge is 0.431 e. The number of ether oxygens (including phenoxy) is 1. The minimum Gasteiger partial charge on any atom is -0.431 e. The van der Waals surface area contributed by atoms with Crippen LogP contribution in [0.1, 0.15) is 52.4 Å². The monoisotopic (exact) mass is 335 g/mol. The topological polar surface area (TPSA) is 50.8 Å². The average molecular weight is 335 g/mol. The Labute approximate surface area is 136 Å². The Balaban J connectivity index is 2.68. The number of piperidine rings is 1. The number of hydrogen-bond donors (Lipinski definition) is 1. The van der Waals surface area contributed by atoms with Gasteiger partial charge in [0.25, 0.3) is 6.02 Å². The molecule has 0 unspecified atom stereocenters. The lowest BCUT2D eigenvalue weighted by atomic mass is 10.1. The van der Waals surface area contributed by atoms with Gasteiger partial charge in [0.15, 0.2) is 0 Å². The molecule has 7 heteroatoms. The molecule has 1 aliphatic heterocycles. The van der Waals surface area contributed by atoms with E-state index in [2.05, 4.69) is 4.99 Å². The van der Waals surface area contributed by atoms with Gasteiger partial charge in [0.2, 0.25) is 0 Å². The second kappa shape index (κ2) is 9.15. The third-order valence-electron chi connectivity index (χ3n) is 4.09. The third-order valence-corrected chi connectivity index (χ3v) is 4.09. The first kappa shape index (κ1) is 19.8. The number of halogens is 3. The molecule has 0 amide bonds. The molecule has 0 aliphatic carbocycles. The summed E-state index contributed by atoms with van der Waals surface area (Å²) in [4.78, 5) is 6.18. The van der Waals surface area contributed by atoms with Gasteiger partial charge in [0.05, 0.1) is 0 Å². The zero-order valence-electron chi connectivity index (χ0n) is 14.2. The molecule has 4 nitrogen and oxygen atoms in total. The Hall–Kier alpha value is -1.24. The van der Waals surface area contributed by atoms with Gasteiger partial charge in [0.1, 0.15) is 5.76 Å². The molecule has 0 saturated carbocycles. The molecule has 0 spiro atoms. The van der Waals surface area contributed by atoms with E-state index in [1.165, 1.54) is 0 Å². The molecular weight excluding hydrogens is 307 g/mol. The van der Waals surface area contributed by atoms with Crippen molar-refractivity contribution in [3.63, 3.8) is 0 Å². The van der Waals surface area contributed by atoms with Crippen molar-refractivity contribution < 1.29 is 17.9 Å². The number of nitrogens with two attached hydrogens (primary N) is 1. The van der Waals surface area contributed by atoms with Gasteiger partial charge in [-0.3, -0.25) is 0 Å². The SMILES string of the molecule is CC/C(C)=C(/CCCC(F)(F)F)O/C(=N\C)N1CCC(N)CC1. The first-order valence-corrected chi connectivity index (χ1v) is 8.17. The van der Waals surface area contributed by atoms with E-state index in [9.17, 15) is 13.2 Å². The minimum atomic E-state index is -4.13. The molecule has 2 N–H and O–H groups in total. The highest BCUT2D eigenvalue weighted by atomic mass is 19.4. The Morgan fingerprint density at radius 1 is 1.30 bits per heavy atom. The van der Waals surface area contributed by atoms with E-state index in [0.717, 1.165) is 37.9 Å². The predicted molar refractivity (Wildman–Crippen MR) is 86.1 cm³/mol. The van der Waals surface area contributed by atoms with Crippen molar-refractivity contribution in [1.29, 1.82) is 0 Å². The van der Waals surface area contributed by atoms with Crippen LogP contribution in [0.5, 0.6) is 0 Å². The molecule has 1 aliphatic rings. The molecule has 1 fully saturated rings. The van der Waals surface area contributed by atoms with Gasteiger partial charge in [-0.2, -0.15) is 13.2 Å². The fourth-order valence-electron chi connectivity index (χ4n) is 2.45. The Bertz CT molecular complexity index is 425. The summed E-state index contributed by atoms with van der Waals surface area (Å²) in [5, 5.41) is 0. The van der Waals surface area contributed by atoms with Crippen LogP contribution in [-0.2, 0) is 4.74 Å². The molecule has 0 aromatic rings. The van der Waals surface area contributed by atoms with E-state index in [1.54, 1.807) is 7.05 Å². The molecule has 0 bridgehead atoms. The molecule has 1 heterocycles. The quantitative estimate of drug-likeness (QED) is 0.472. The van der Waals surface area contributed by atoms with Gasteiger partial charge < -0.3 is 15.4 Å². The van der Waals surface area contributed by atoms with Crippen LogP contribution in [0.4, 0.5) is 13.2 Å². The fourth-order valence-corrected chi connectivity index (χ4v) is 2.45. The van der Waals surface area contributed by atoms with Crippen LogP contribution in [0.3, 0.4) is 0 Å². The van der Waals surface area contributed by atoms with E-state index in [4.69, 9.17) is 10.5 Å². The number of nitrogens with zero attached hydrogens (tertiary/aromatic N) is 2. The smallest absolute Gasteiger partial charge is 0.389 e. The summed E-state index contributed by atoms with van der Waals surface area (Å²) in [6.45, 7) is 5.37. The summed E-state index contributed by atoms with van der Waals surface area (Å²) < 4.78 is 42.9. The van der Waals surface area contributed by atoms with E-state index < -0.39 is 12.6 Å². The number of amidine groups is 1. The zero-order chi connectivity index (χ0) is 17.5. The number of alkyl halides is 3. The van der Waals surface area contributed by atoms with Crippen LogP contribution in [-0.4, -0.2) is 43.3 Å². The maximum Gasteiger partial charge on any atom is 0.389 e. The molecule has 0 atom stereocenters. The van der Waals surface area contributed by atoms with Crippen LogP contribution in [0.2, 0.25) is 0 Å². The van der Waals surface area contributed by atoms with Crippen molar-refractivity contribution in [3.05, 3.63) is 11.3 Å². The molecule has 1 rings (SSSR count). The van der Waals surface area contributed by atoms with Crippen LogP contribution in [0.15, 0.2) is 16.3 Å². The van der Waals surface area contributed by atoms with Crippen molar-refractivity contribution in [3.8, 4) is 0 Å². The Kier molecular flexibility index (Phi) is 7.88. The first-order valence-electron chi connectivity index (χ1n) is 8.17. The Morgan fingerprint density at radius 3 is 2.39 bits per heavy atom. The summed E-state index contributed by atoms with van der Waals surface area (Å²) in [6.07, 6.45) is -2.17. The van der Waals surface area contributed by atoms with E-state index in [1.807, 2.05) is 18.7 Å². The highest BCUT2D eigenvalue weighted by molar-refractivity contribution is 5.75. The second-order valence-electron chi connectivity index (χ2n) is 5.96. The van der Waals surface area contributed by atoms with Gasteiger partial charge in [0, 0.05) is 39.0 Å². The van der Waals surface area contributed by atoms with Gasteiger partial charge in [-0.1, -0.05) is 6.92 Å². The summed E-state index contributed by atoms with van der Waals surface area (Å²) in [5.74, 6) is 0.604. The van der Waals surface area contributed by atoms with E-state index in [-0.39, 0.29) is 18.9 Å². The molecule has 0 aromatic carbocycles. The molecule has 23 heavy (non-hydrogen) atoms. The highest BCUT2D eigenvalue weighted by Gasteiger charge is 2.27. The molecule has 0 aromatic heterocycles. The molecule has 1 saturated heterocycles. The van der Waals surface area contributed by atoms with Crippen molar-refractivity contribution in [2.45, 2.75) is 64.6 Å². The summed E-state index contributed by atoms with van der Waals surface area (Å²) >= 11 is 0. The van der Waals surface area contributed by atoms with Crippen molar-refractivity contribution in [2.75, 3.05) is 20.1 Å². The summed E-state index contributed by atoms with van der Waals surface area (Å²) in [5.41, 5.74) is 6.85. The van der Waals surface area contributed by atoms with E-state index >= 15 is 0 Å². The van der Waals surface area contributed by atoms with Gasteiger partial charge in [-0.25, -0.2) is 4.99 Å². The summed E-state index contributed by atoms with van der Waals surface area (Å²) in [6, 6.07) is 0.676. The standard InChI is InChI=1S/C16H28F3N3O/c1-4-12(2)14(6-5-9-16(17,18)19)23-15(21-3)22-10-7-13(20)8-11-22/h13H,4-11,20H2,1-3H3/b14-12-,21-15-. The fraction of sp³-hybridized carbons (Fsp3) is 0.812. The minimum absolute atomic E-state index is 0.0258. The van der Waals surface area contributed by atoms with Gasteiger partial charge >= 0.3 is 6.18 Å². The normalized spacial score (nSPS) is 18.9. The lowest BCUT2D eigenvalue weighted by Gasteiger charge is -2.32. The predicted octanol–water partition coefficient (Wildman–Crippen LogP) is 3.83. The van der Waals surface area contributed by atoms with Gasteiger partial charge in [-0.05, 0) is 38.2 Å². The number of allylic oxidation sites excluding steroid dienone is 2. The highest BCUT2D eigenvalue weighted by Crippen LogP contribution is 2.26. The lowest BCUT2D eigenvalue weighted by Crippen LogP contribution is -2.43. The molecule has 0 radical (unpaired) electrons. The summed E-state index contributed by atoms with van der Waals surface area (Å²) in [7, 11) is 1.64. The lowest BCUT2D eigenvalue weighted by molar-refractivity contribution is -0.135. The molecule has 134 valence electrons. The van der Waals surface area contributed by atoms with Gasteiger partial charge in [-0.15, -0.1) is 0 Å². The maximum atomic E-state index is 12.3. The van der Waals surface area contributed by atoms with Crippen LogP contribution < -0.4 is 5.73 Å². The van der Waals surface area contributed by atoms with Crippen molar-refractivity contribution >= 4 is 6.02 Å². The van der Waals surface area contributed by atoms with Crippen LogP contribution >= 0.6 is 0 Å². The van der Waals surface area contributed by atoms with Crippen LogP contribution in [0.25, 0.3) is 0 Å².